The van der Waals surface area contributed by atoms with Crippen molar-refractivity contribution in [1.82, 2.24) is 14.8 Å². The Morgan fingerprint density at radius 2 is 1.62 bits per heavy atom. The van der Waals surface area contributed by atoms with Crippen LogP contribution in [0.5, 0.6) is 0 Å². The van der Waals surface area contributed by atoms with Gasteiger partial charge in [0.2, 0.25) is 0 Å². The van der Waals surface area contributed by atoms with Crippen molar-refractivity contribution in [3.8, 4) is 11.4 Å². The maximum Gasteiger partial charge on any atom is 0.111 e. The monoisotopic (exact) mass is 530 g/mol. The number of hydrogen-bond donors (Lipinski definition) is 0. The highest BCUT2D eigenvalue weighted by Gasteiger charge is 2.08. The van der Waals surface area contributed by atoms with Crippen LogP contribution in [-0.4, -0.2) is 28.0 Å². The number of pyridine rings is 1. The minimum atomic E-state index is 0.663. The topological polar surface area (TPSA) is 43.1 Å². The molecule has 0 amide bonds. The van der Waals surface area contributed by atoms with E-state index in [9.17, 15) is 0 Å². The molecular formula is C35H54N4. The highest BCUT2D eigenvalue weighted by Crippen LogP contribution is 2.18. The number of aromatic nitrogens is 3. The van der Waals surface area contributed by atoms with Crippen LogP contribution in [0.1, 0.15) is 83.1 Å². The van der Waals surface area contributed by atoms with E-state index >= 15 is 0 Å². The Morgan fingerprint density at radius 3 is 2.08 bits per heavy atom. The summed E-state index contributed by atoms with van der Waals surface area (Å²) < 4.78 is 2.04. The van der Waals surface area contributed by atoms with E-state index in [2.05, 4.69) is 107 Å². The quantitative estimate of drug-likeness (QED) is 0.272. The second kappa shape index (κ2) is 20.7. The average molecular weight is 531 g/mol. The van der Waals surface area contributed by atoms with E-state index in [1.807, 2.05) is 36.9 Å². The smallest absolute Gasteiger partial charge is 0.111 e. The summed E-state index contributed by atoms with van der Waals surface area (Å²) in [4.78, 5) is 8.04. The molecule has 4 heteroatoms. The van der Waals surface area contributed by atoms with Gasteiger partial charge in [0.15, 0.2) is 0 Å². The standard InChI is InChI=1S/C17H25N3.C11H14.C4H7N.C3H8/c1-13(2)5-6-15(4)12-20-10-9-17(19-20)16-8-7-14(3)11-18-16;1-8(2)11-7-9(3)5-6-10(11)4;1-3-4-5-2;1-3-2/h7-11,13,15H,5-6,12H2,1-4H3;5-7H,1H2,2-4H3;3-4H,1H2,2H3;3H2,1-2H3. The van der Waals surface area contributed by atoms with Crippen LogP contribution in [0.25, 0.3) is 17.0 Å². The molecule has 0 N–H and O–H groups in total. The zero-order chi connectivity index (χ0) is 29.8. The van der Waals surface area contributed by atoms with E-state index in [1.165, 1.54) is 41.5 Å². The molecule has 2 aromatic heterocycles. The van der Waals surface area contributed by atoms with E-state index in [-0.39, 0.29) is 0 Å². The van der Waals surface area contributed by atoms with Crippen molar-refractivity contribution in [1.29, 1.82) is 0 Å². The molecule has 0 aliphatic rings. The van der Waals surface area contributed by atoms with Gasteiger partial charge in [0.1, 0.15) is 5.69 Å². The van der Waals surface area contributed by atoms with E-state index in [1.54, 1.807) is 19.3 Å². The zero-order valence-corrected chi connectivity index (χ0v) is 26.5. The van der Waals surface area contributed by atoms with Gasteiger partial charge in [-0.25, -0.2) is 0 Å². The van der Waals surface area contributed by atoms with Gasteiger partial charge in [0.25, 0.3) is 0 Å². The number of aryl methyl sites for hydroxylation is 3. The summed E-state index contributed by atoms with van der Waals surface area (Å²) in [6, 6.07) is 12.6. The van der Waals surface area contributed by atoms with E-state index in [4.69, 9.17) is 0 Å². The van der Waals surface area contributed by atoms with Crippen LogP contribution >= 0.6 is 0 Å². The van der Waals surface area contributed by atoms with Gasteiger partial charge in [-0.05, 0) is 74.8 Å². The first-order chi connectivity index (χ1) is 18.5. The first-order valence-electron chi connectivity index (χ1n) is 14.2. The van der Waals surface area contributed by atoms with Crippen LogP contribution in [0, 0.1) is 32.6 Å². The highest BCUT2D eigenvalue weighted by molar-refractivity contribution is 5.69. The summed E-state index contributed by atoms with van der Waals surface area (Å²) in [5.41, 5.74) is 8.12. The minimum absolute atomic E-state index is 0.663. The summed E-state index contributed by atoms with van der Waals surface area (Å²) in [6.45, 7) is 27.7. The van der Waals surface area contributed by atoms with Crippen molar-refractivity contribution in [2.45, 2.75) is 88.1 Å². The van der Waals surface area contributed by atoms with Crippen molar-refractivity contribution in [2.75, 3.05) is 7.05 Å². The number of hydrogen-bond acceptors (Lipinski definition) is 3. The maximum absolute atomic E-state index is 4.63. The molecule has 0 bridgehead atoms. The first-order valence-corrected chi connectivity index (χ1v) is 14.2. The molecule has 0 aliphatic carbocycles. The molecule has 0 saturated carbocycles. The molecule has 0 aliphatic heterocycles. The van der Waals surface area contributed by atoms with E-state index in [0.717, 1.165) is 29.4 Å². The lowest BCUT2D eigenvalue weighted by Crippen LogP contribution is -2.09. The van der Waals surface area contributed by atoms with Crippen LogP contribution < -0.4 is 0 Å². The Hall–Kier alpha value is -3.27. The van der Waals surface area contributed by atoms with Crippen LogP contribution in [0.2, 0.25) is 0 Å². The summed E-state index contributed by atoms with van der Waals surface area (Å²) in [5, 5.41) is 4.63. The van der Waals surface area contributed by atoms with E-state index < -0.39 is 0 Å². The molecule has 4 nitrogen and oxygen atoms in total. The third-order valence-electron chi connectivity index (χ3n) is 5.66. The number of rotatable bonds is 8. The van der Waals surface area contributed by atoms with Crippen LogP contribution in [-0.2, 0) is 6.54 Å². The van der Waals surface area contributed by atoms with Gasteiger partial charge >= 0.3 is 0 Å². The second-order valence-corrected chi connectivity index (χ2v) is 10.7. The van der Waals surface area contributed by atoms with Crippen molar-refractivity contribution >= 4 is 11.8 Å². The molecule has 0 fully saturated rings. The summed E-state index contributed by atoms with van der Waals surface area (Å²) in [5.74, 6) is 1.44. The van der Waals surface area contributed by atoms with Crippen molar-refractivity contribution in [3.05, 3.63) is 90.3 Å². The number of nitrogens with zero attached hydrogens (tertiary/aromatic N) is 4. The van der Waals surface area contributed by atoms with Gasteiger partial charge < -0.3 is 0 Å². The number of allylic oxidation sites excluding steroid dienone is 2. The molecule has 0 saturated heterocycles. The molecule has 1 unspecified atom stereocenters. The van der Waals surface area contributed by atoms with Gasteiger partial charge in [-0.15, -0.1) is 0 Å². The van der Waals surface area contributed by atoms with Crippen molar-refractivity contribution in [2.24, 2.45) is 16.8 Å². The predicted octanol–water partition coefficient (Wildman–Crippen LogP) is 9.95. The molecule has 3 aromatic rings. The summed E-state index contributed by atoms with van der Waals surface area (Å²) in [7, 11) is 1.71. The van der Waals surface area contributed by atoms with E-state index in [0.29, 0.717) is 5.92 Å². The molecular weight excluding hydrogens is 476 g/mol. The third kappa shape index (κ3) is 16.3. The van der Waals surface area contributed by atoms with Gasteiger partial charge in [0, 0.05) is 32.2 Å². The fraction of sp³-hybridized carbons (Fsp3) is 0.457. The van der Waals surface area contributed by atoms with Crippen molar-refractivity contribution in [3.63, 3.8) is 0 Å². The predicted molar refractivity (Wildman–Crippen MR) is 175 cm³/mol. The maximum atomic E-state index is 4.63. The summed E-state index contributed by atoms with van der Waals surface area (Å²) >= 11 is 0. The van der Waals surface area contributed by atoms with Gasteiger partial charge in [-0.2, -0.15) is 5.10 Å². The number of aliphatic imine (C=N–C) groups is 1. The largest absolute Gasteiger partial charge is 0.297 e. The molecule has 0 spiro atoms. The molecule has 214 valence electrons. The Morgan fingerprint density at radius 1 is 0.974 bits per heavy atom. The molecule has 1 aromatic carbocycles. The highest BCUT2D eigenvalue weighted by atomic mass is 15.3. The lowest BCUT2D eigenvalue weighted by Gasteiger charge is -2.12. The third-order valence-corrected chi connectivity index (χ3v) is 5.66. The lowest BCUT2D eigenvalue weighted by molar-refractivity contribution is 0.387. The van der Waals surface area contributed by atoms with Gasteiger partial charge in [-0.3, -0.25) is 14.7 Å². The molecule has 0 radical (unpaired) electrons. The zero-order valence-electron chi connectivity index (χ0n) is 26.5. The summed E-state index contributed by atoms with van der Waals surface area (Å²) in [6.07, 6.45) is 11.0. The fourth-order valence-corrected chi connectivity index (χ4v) is 3.55. The van der Waals surface area contributed by atoms with Crippen LogP contribution in [0.15, 0.2) is 73.0 Å². The van der Waals surface area contributed by atoms with Crippen LogP contribution in [0.4, 0.5) is 0 Å². The Bertz CT molecular complexity index is 1100. The van der Waals surface area contributed by atoms with Crippen molar-refractivity contribution < 1.29 is 0 Å². The molecule has 39 heavy (non-hydrogen) atoms. The first kappa shape index (κ1) is 35.7. The Labute approximate surface area is 240 Å². The second-order valence-electron chi connectivity index (χ2n) is 10.7. The molecule has 1 atom stereocenters. The molecule has 2 heterocycles. The lowest BCUT2D eigenvalue weighted by atomic mass is 9.99. The fourth-order valence-electron chi connectivity index (χ4n) is 3.55. The SMILES string of the molecule is C=C(C)c1cc(C)ccc1C.C=CC=NC.CCC.Cc1ccc(-c2ccn(CC(C)CCC(C)C)n2)nc1. The Balaban J connectivity index is 0.000000635. The molecule has 3 rings (SSSR count). The van der Waals surface area contributed by atoms with Crippen LogP contribution in [0.3, 0.4) is 0 Å². The number of benzene rings is 1. The van der Waals surface area contributed by atoms with Gasteiger partial charge in [0.05, 0.1) is 5.69 Å². The van der Waals surface area contributed by atoms with Gasteiger partial charge in [-0.1, -0.05) is 102 Å². The normalized spacial score (nSPS) is 10.9. The Kier molecular flexibility index (Phi) is 18.9. The average Bonchev–Trinajstić information content (AvgIpc) is 3.34. The minimum Gasteiger partial charge on any atom is -0.297 e.